The van der Waals surface area contributed by atoms with Gasteiger partial charge in [0.2, 0.25) is 0 Å². The number of morpholine rings is 1. The Labute approximate surface area is 147 Å². The largest absolute Gasteiger partial charge is 0.378 e. The molecule has 1 aliphatic rings. The predicted molar refractivity (Wildman–Crippen MR) is 96.2 cm³/mol. The van der Waals surface area contributed by atoms with Crippen LogP contribution < -0.4 is 9.62 Å². The Balaban J connectivity index is 1.90. The summed E-state index contributed by atoms with van der Waals surface area (Å²) in [4.78, 5) is 2.19. The molecule has 1 fully saturated rings. The van der Waals surface area contributed by atoms with Gasteiger partial charge in [0, 0.05) is 18.8 Å². The van der Waals surface area contributed by atoms with Gasteiger partial charge in [0.05, 0.1) is 23.8 Å². The molecule has 1 N–H and O–H groups in total. The number of nitrogens with zero attached hydrogens (tertiary/aromatic N) is 1. The molecule has 0 spiro atoms. The van der Waals surface area contributed by atoms with Gasteiger partial charge < -0.3 is 9.64 Å². The fourth-order valence-corrected chi connectivity index (χ4v) is 4.20. The maximum Gasteiger partial charge on any atom is 0.262 e. The van der Waals surface area contributed by atoms with Crippen molar-refractivity contribution >= 4 is 21.4 Å². The van der Waals surface area contributed by atoms with E-state index in [4.69, 9.17) is 4.74 Å². The molecule has 134 valence electrons. The standard InChI is InChI=1S/C18H21FN2O3S/c1-13-3-6-18(14(2)11-13)25(22,23)20-17-12-15(4-5-16(17)19)21-7-9-24-10-8-21/h3-6,11-12,20H,7-10H2,1-2H3. The molecule has 7 heteroatoms. The smallest absolute Gasteiger partial charge is 0.262 e. The van der Waals surface area contributed by atoms with Crippen LogP contribution in [0.5, 0.6) is 0 Å². The van der Waals surface area contributed by atoms with Gasteiger partial charge in [0.25, 0.3) is 10.0 Å². The van der Waals surface area contributed by atoms with Crippen molar-refractivity contribution in [3.05, 3.63) is 53.3 Å². The number of hydrogen-bond acceptors (Lipinski definition) is 4. The topological polar surface area (TPSA) is 58.6 Å². The lowest BCUT2D eigenvalue weighted by molar-refractivity contribution is 0.122. The van der Waals surface area contributed by atoms with E-state index in [9.17, 15) is 12.8 Å². The molecular formula is C18H21FN2O3S. The van der Waals surface area contributed by atoms with Crippen molar-refractivity contribution in [2.45, 2.75) is 18.7 Å². The van der Waals surface area contributed by atoms with E-state index in [1.54, 1.807) is 25.1 Å². The molecule has 0 amide bonds. The molecule has 0 unspecified atom stereocenters. The normalized spacial score (nSPS) is 15.2. The quantitative estimate of drug-likeness (QED) is 0.906. The number of hydrogen-bond donors (Lipinski definition) is 1. The van der Waals surface area contributed by atoms with Crippen LogP contribution in [0, 0.1) is 19.7 Å². The number of halogens is 1. The van der Waals surface area contributed by atoms with Crippen molar-refractivity contribution in [1.29, 1.82) is 0 Å². The molecule has 0 bridgehead atoms. The average molecular weight is 364 g/mol. The Bertz CT molecular complexity index is 878. The second-order valence-electron chi connectivity index (χ2n) is 6.14. The van der Waals surface area contributed by atoms with Gasteiger partial charge >= 0.3 is 0 Å². The molecule has 0 aliphatic carbocycles. The summed E-state index contributed by atoms with van der Waals surface area (Å²) in [6.07, 6.45) is 0. The van der Waals surface area contributed by atoms with Crippen LogP contribution in [0.2, 0.25) is 0 Å². The van der Waals surface area contributed by atoms with E-state index in [0.29, 0.717) is 31.9 Å². The first-order chi connectivity index (χ1) is 11.9. The number of anilines is 2. The van der Waals surface area contributed by atoms with Gasteiger partial charge in [-0.3, -0.25) is 4.72 Å². The van der Waals surface area contributed by atoms with E-state index >= 15 is 0 Å². The number of ether oxygens (including phenoxy) is 1. The van der Waals surface area contributed by atoms with Crippen LogP contribution in [0.15, 0.2) is 41.3 Å². The molecule has 0 radical (unpaired) electrons. The minimum absolute atomic E-state index is 0.0519. The first-order valence-corrected chi connectivity index (χ1v) is 9.57. The highest BCUT2D eigenvalue weighted by atomic mass is 32.2. The van der Waals surface area contributed by atoms with Crippen molar-refractivity contribution in [2.24, 2.45) is 0 Å². The summed E-state index contributed by atoms with van der Waals surface area (Å²) in [7, 11) is -3.86. The van der Waals surface area contributed by atoms with Crippen molar-refractivity contribution in [3.63, 3.8) is 0 Å². The van der Waals surface area contributed by atoms with Crippen LogP contribution in [0.1, 0.15) is 11.1 Å². The fourth-order valence-electron chi connectivity index (χ4n) is 2.91. The Kier molecular flexibility index (Phi) is 4.96. The van der Waals surface area contributed by atoms with Gasteiger partial charge in [-0.1, -0.05) is 17.7 Å². The number of sulfonamides is 1. The summed E-state index contributed by atoms with van der Waals surface area (Å²) in [6, 6.07) is 9.51. The second-order valence-corrected chi connectivity index (χ2v) is 7.79. The monoisotopic (exact) mass is 364 g/mol. The third-order valence-corrected chi connectivity index (χ3v) is 5.72. The van der Waals surface area contributed by atoms with E-state index in [2.05, 4.69) is 4.72 Å². The van der Waals surface area contributed by atoms with Crippen molar-refractivity contribution in [1.82, 2.24) is 0 Å². The number of aryl methyl sites for hydroxylation is 2. The van der Waals surface area contributed by atoms with E-state index in [1.165, 1.54) is 18.2 Å². The fraction of sp³-hybridized carbons (Fsp3) is 0.333. The summed E-state index contributed by atoms with van der Waals surface area (Å²) in [5.41, 5.74) is 2.31. The SMILES string of the molecule is Cc1ccc(S(=O)(=O)Nc2cc(N3CCOCC3)ccc2F)c(C)c1. The van der Waals surface area contributed by atoms with Gasteiger partial charge in [-0.05, 0) is 43.7 Å². The predicted octanol–water partition coefficient (Wildman–Crippen LogP) is 3.08. The van der Waals surface area contributed by atoms with Gasteiger partial charge in [0.15, 0.2) is 0 Å². The van der Waals surface area contributed by atoms with Crippen molar-refractivity contribution < 1.29 is 17.5 Å². The molecule has 1 saturated heterocycles. The van der Waals surface area contributed by atoms with Crippen LogP contribution in [-0.4, -0.2) is 34.7 Å². The Morgan fingerprint density at radius 3 is 2.48 bits per heavy atom. The second kappa shape index (κ2) is 7.01. The molecule has 0 saturated carbocycles. The third-order valence-electron chi connectivity index (χ3n) is 4.19. The van der Waals surface area contributed by atoms with E-state index in [-0.39, 0.29) is 10.6 Å². The molecule has 3 rings (SSSR count). The summed E-state index contributed by atoms with van der Waals surface area (Å²) < 4.78 is 47.2. The molecule has 1 heterocycles. The lowest BCUT2D eigenvalue weighted by Gasteiger charge is -2.29. The van der Waals surface area contributed by atoms with Gasteiger partial charge in [0.1, 0.15) is 5.82 Å². The van der Waals surface area contributed by atoms with Crippen LogP contribution in [-0.2, 0) is 14.8 Å². The molecule has 2 aromatic carbocycles. The summed E-state index contributed by atoms with van der Waals surface area (Å²) in [5, 5.41) is 0. The molecule has 2 aromatic rings. The zero-order valence-corrected chi connectivity index (χ0v) is 15.1. The number of nitrogens with one attached hydrogen (secondary N) is 1. The van der Waals surface area contributed by atoms with Gasteiger partial charge in [-0.25, -0.2) is 12.8 Å². The first-order valence-electron chi connectivity index (χ1n) is 8.09. The van der Waals surface area contributed by atoms with Crippen LogP contribution in [0.3, 0.4) is 0 Å². The Hall–Kier alpha value is -2.12. The summed E-state index contributed by atoms with van der Waals surface area (Å²) in [5.74, 6) is -0.606. The Morgan fingerprint density at radius 2 is 1.80 bits per heavy atom. The highest BCUT2D eigenvalue weighted by Crippen LogP contribution is 2.27. The molecule has 0 atom stereocenters. The van der Waals surface area contributed by atoms with E-state index in [0.717, 1.165) is 11.3 Å². The zero-order valence-electron chi connectivity index (χ0n) is 14.3. The summed E-state index contributed by atoms with van der Waals surface area (Å²) >= 11 is 0. The lowest BCUT2D eigenvalue weighted by atomic mass is 10.2. The summed E-state index contributed by atoms with van der Waals surface area (Å²) in [6.45, 7) is 6.19. The minimum atomic E-state index is -3.86. The zero-order chi connectivity index (χ0) is 18.0. The highest BCUT2D eigenvalue weighted by Gasteiger charge is 2.20. The lowest BCUT2D eigenvalue weighted by Crippen LogP contribution is -2.36. The maximum atomic E-state index is 14.2. The maximum absolute atomic E-state index is 14.2. The Morgan fingerprint density at radius 1 is 1.08 bits per heavy atom. The van der Waals surface area contributed by atoms with E-state index in [1.807, 2.05) is 11.8 Å². The van der Waals surface area contributed by atoms with Crippen LogP contribution in [0.25, 0.3) is 0 Å². The number of rotatable bonds is 4. The minimum Gasteiger partial charge on any atom is -0.378 e. The van der Waals surface area contributed by atoms with Crippen LogP contribution in [0.4, 0.5) is 15.8 Å². The molecule has 0 aromatic heterocycles. The van der Waals surface area contributed by atoms with Crippen molar-refractivity contribution in [2.75, 3.05) is 35.9 Å². The van der Waals surface area contributed by atoms with Crippen molar-refractivity contribution in [3.8, 4) is 0 Å². The van der Waals surface area contributed by atoms with Crippen LogP contribution >= 0.6 is 0 Å². The average Bonchev–Trinajstić information content (AvgIpc) is 2.57. The highest BCUT2D eigenvalue weighted by molar-refractivity contribution is 7.92. The first kappa shape index (κ1) is 17.7. The number of benzene rings is 2. The molecule has 1 aliphatic heterocycles. The third kappa shape index (κ3) is 3.93. The molecule has 25 heavy (non-hydrogen) atoms. The van der Waals surface area contributed by atoms with Gasteiger partial charge in [-0.15, -0.1) is 0 Å². The van der Waals surface area contributed by atoms with Gasteiger partial charge in [-0.2, -0.15) is 0 Å². The van der Waals surface area contributed by atoms with E-state index < -0.39 is 15.8 Å². The molecular weight excluding hydrogens is 343 g/mol. The molecule has 5 nitrogen and oxygen atoms in total.